The molecule has 0 aliphatic rings. The molecular formula is C8H6Br. The van der Waals surface area contributed by atoms with Crippen molar-refractivity contribution in [3.8, 4) is 0 Å². The van der Waals surface area contributed by atoms with E-state index in [0.29, 0.717) is 0 Å². The van der Waals surface area contributed by atoms with Crippen LogP contribution in [-0.2, 0) is 0 Å². The molecule has 0 aliphatic carbocycles. The fourth-order valence-electron chi connectivity index (χ4n) is 0.586. The molecule has 0 saturated carbocycles. The third-order valence-electron chi connectivity index (χ3n) is 1.04. The van der Waals surface area contributed by atoms with Gasteiger partial charge in [0.05, 0.1) is 0 Å². The van der Waals surface area contributed by atoms with Crippen molar-refractivity contribution in [2.45, 2.75) is 0 Å². The van der Waals surface area contributed by atoms with Crippen molar-refractivity contribution in [2.24, 2.45) is 0 Å². The monoisotopic (exact) mass is 181 g/mol. The molecule has 0 spiro atoms. The van der Waals surface area contributed by atoms with E-state index in [1.807, 2.05) is 18.2 Å². The Morgan fingerprint density at radius 3 is 2.89 bits per heavy atom. The Morgan fingerprint density at radius 1 is 1.67 bits per heavy atom. The summed E-state index contributed by atoms with van der Waals surface area (Å²) in [6, 6.07) is 8.78. The summed E-state index contributed by atoms with van der Waals surface area (Å²) in [5.41, 5.74) is 1.01. The highest BCUT2D eigenvalue weighted by Crippen LogP contribution is 2.15. The summed E-state index contributed by atoms with van der Waals surface area (Å²) >= 11 is 3.35. The topological polar surface area (TPSA) is 0 Å². The molecule has 1 heteroatoms. The summed E-state index contributed by atoms with van der Waals surface area (Å²) in [5.74, 6) is 0. The van der Waals surface area contributed by atoms with Gasteiger partial charge in [-0.05, 0) is 17.7 Å². The lowest BCUT2D eigenvalue weighted by atomic mass is 10.2. The van der Waals surface area contributed by atoms with Crippen LogP contribution in [-0.4, -0.2) is 0 Å². The highest BCUT2D eigenvalue weighted by molar-refractivity contribution is 9.10. The quantitative estimate of drug-likeness (QED) is 0.626. The zero-order valence-electron chi connectivity index (χ0n) is 4.89. The van der Waals surface area contributed by atoms with Crippen molar-refractivity contribution in [3.63, 3.8) is 0 Å². The van der Waals surface area contributed by atoms with Crippen molar-refractivity contribution < 1.29 is 0 Å². The van der Waals surface area contributed by atoms with Crippen LogP contribution in [0.15, 0.2) is 29.3 Å². The maximum absolute atomic E-state index is 3.63. The van der Waals surface area contributed by atoms with E-state index in [1.165, 1.54) is 0 Å². The minimum absolute atomic E-state index is 1.01. The molecule has 0 fully saturated rings. The van der Waals surface area contributed by atoms with Gasteiger partial charge in [-0.3, -0.25) is 0 Å². The zero-order chi connectivity index (χ0) is 6.69. The number of rotatable bonds is 1. The smallest absolute Gasteiger partial charge is 0.0253 e. The molecule has 0 N–H and O–H groups in total. The summed E-state index contributed by atoms with van der Waals surface area (Å²) in [6.45, 7) is 3.63. The first-order valence-corrected chi connectivity index (χ1v) is 3.42. The van der Waals surface area contributed by atoms with Crippen LogP contribution in [0.2, 0.25) is 0 Å². The summed E-state index contributed by atoms with van der Waals surface area (Å²) in [5, 5.41) is 0. The van der Waals surface area contributed by atoms with E-state index >= 15 is 0 Å². The van der Waals surface area contributed by atoms with Crippen molar-refractivity contribution in [3.05, 3.63) is 40.9 Å². The van der Waals surface area contributed by atoms with Gasteiger partial charge in [0.1, 0.15) is 0 Å². The molecule has 0 unspecified atom stereocenters. The van der Waals surface area contributed by atoms with Gasteiger partial charge in [0.15, 0.2) is 0 Å². The molecule has 1 rings (SSSR count). The van der Waals surface area contributed by atoms with Gasteiger partial charge in [-0.2, -0.15) is 0 Å². The van der Waals surface area contributed by atoms with Crippen LogP contribution in [0.4, 0.5) is 0 Å². The number of halogens is 1. The number of benzene rings is 1. The van der Waals surface area contributed by atoms with E-state index in [-0.39, 0.29) is 0 Å². The summed E-state index contributed by atoms with van der Waals surface area (Å²) in [7, 11) is 0. The van der Waals surface area contributed by atoms with E-state index in [2.05, 4.69) is 28.6 Å². The van der Waals surface area contributed by atoms with E-state index in [9.17, 15) is 0 Å². The first kappa shape index (κ1) is 6.56. The van der Waals surface area contributed by atoms with Crippen LogP contribution in [0.5, 0.6) is 0 Å². The minimum Gasteiger partial charge on any atom is -0.0984 e. The molecule has 0 bridgehead atoms. The van der Waals surface area contributed by atoms with Gasteiger partial charge in [0.25, 0.3) is 0 Å². The van der Waals surface area contributed by atoms with Crippen LogP contribution in [0.3, 0.4) is 0 Å². The average Bonchev–Trinajstić information content (AvgIpc) is 1.89. The standard InChI is InChI=1S/C8H6Br/c1-2-7-5-3-4-6-8(7)9/h2-4,6H,1H2. The average molecular weight is 182 g/mol. The zero-order valence-corrected chi connectivity index (χ0v) is 6.48. The molecule has 0 heterocycles. The van der Waals surface area contributed by atoms with E-state index in [0.717, 1.165) is 10.0 Å². The van der Waals surface area contributed by atoms with Gasteiger partial charge in [0, 0.05) is 4.47 Å². The van der Waals surface area contributed by atoms with Crippen molar-refractivity contribution in [2.75, 3.05) is 0 Å². The Labute approximate surface area is 63.3 Å². The third-order valence-corrected chi connectivity index (χ3v) is 1.73. The molecule has 0 amide bonds. The lowest BCUT2D eigenvalue weighted by molar-refractivity contribution is 1.59. The predicted octanol–water partition coefficient (Wildman–Crippen LogP) is 2.89. The first-order chi connectivity index (χ1) is 4.34. The van der Waals surface area contributed by atoms with Gasteiger partial charge in [0.2, 0.25) is 0 Å². The first-order valence-electron chi connectivity index (χ1n) is 2.63. The molecule has 1 radical (unpaired) electrons. The molecule has 9 heavy (non-hydrogen) atoms. The second kappa shape index (κ2) is 2.83. The Hall–Kier alpha value is -0.560. The van der Waals surface area contributed by atoms with Crippen LogP contribution in [0.1, 0.15) is 5.56 Å². The highest BCUT2D eigenvalue weighted by atomic mass is 79.9. The summed E-state index contributed by atoms with van der Waals surface area (Å²) < 4.78 is 1.04. The van der Waals surface area contributed by atoms with Gasteiger partial charge in [-0.15, -0.1) is 0 Å². The van der Waals surface area contributed by atoms with Crippen LogP contribution >= 0.6 is 15.9 Å². The summed E-state index contributed by atoms with van der Waals surface area (Å²) in [6.07, 6.45) is 1.77. The number of hydrogen-bond acceptors (Lipinski definition) is 0. The molecule has 1 aromatic rings. The van der Waals surface area contributed by atoms with Crippen LogP contribution < -0.4 is 0 Å². The lowest BCUT2D eigenvalue weighted by Crippen LogP contribution is -1.71. The maximum Gasteiger partial charge on any atom is 0.0253 e. The molecule has 0 aromatic heterocycles. The van der Waals surface area contributed by atoms with Gasteiger partial charge < -0.3 is 0 Å². The molecule has 0 saturated heterocycles. The van der Waals surface area contributed by atoms with Crippen molar-refractivity contribution in [1.29, 1.82) is 0 Å². The third kappa shape index (κ3) is 1.42. The molecule has 0 nitrogen and oxygen atoms in total. The second-order valence-corrected chi connectivity index (χ2v) is 2.49. The molecule has 1 aromatic carbocycles. The van der Waals surface area contributed by atoms with Crippen LogP contribution in [0, 0.1) is 6.07 Å². The Morgan fingerprint density at radius 2 is 2.44 bits per heavy atom. The van der Waals surface area contributed by atoms with E-state index in [4.69, 9.17) is 0 Å². The van der Waals surface area contributed by atoms with Crippen molar-refractivity contribution in [1.82, 2.24) is 0 Å². The Bertz CT molecular complexity index is 216. The number of hydrogen-bond donors (Lipinski definition) is 0. The highest BCUT2D eigenvalue weighted by Gasteiger charge is 1.89. The van der Waals surface area contributed by atoms with Crippen molar-refractivity contribution >= 4 is 22.0 Å². The molecule has 0 aliphatic heterocycles. The largest absolute Gasteiger partial charge is 0.0984 e. The minimum atomic E-state index is 1.01. The van der Waals surface area contributed by atoms with E-state index < -0.39 is 0 Å². The molecule has 0 atom stereocenters. The molecule has 45 valence electrons. The van der Waals surface area contributed by atoms with Gasteiger partial charge in [-0.1, -0.05) is 40.7 Å². The van der Waals surface area contributed by atoms with Crippen LogP contribution in [0.25, 0.3) is 6.08 Å². The normalized spacial score (nSPS) is 9.00. The Kier molecular flexibility index (Phi) is 2.06. The fraction of sp³-hybridized carbons (Fsp3) is 0. The van der Waals surface area contributed by atoms with E-state index in [1.54, 1.807) is 6.08 Å². The van der Waals surface area contributed by atoms with Gasteiger partial charge in [-0.25, -0.2) is 0 Å². The summed E-state index contributed by atoms with van der Waals surface area (Å²) in [4.78, 5) is 0. The van der Waals surface area contributed by atoms with Gasteiger partial charge >= 0.3 is 0 Å². The molecular weight excluding hydrogens is 176 g/mol. The SMILES string of the molecule is C=Cc1[c]cccc1Br. The predicted molar refractivity (Wildman–Crippen MR) is 43.1 cm³/mol. The lowest BCUT2D eigenvalue weighted by Gasteiger charge is -1.92. The second-order valence-electron chi connectivity index (χ2n) is 1.64. The Balaban J connectivity index is 3.15. The fourth-order valence-corrected chi connectivity index (χ4v) is 1.01. The maximum atomic E-state index is 3.63.